The second kappa shape index (κ2) is 7.62. The van der Waals surface area contributed by atoms with E-state index >= 15 is 0 Å². The zero-order chi connectivity index (χ0) is 17.6. The van der Waals surface area contributed by atoms with E-state index in [1.807, 2.05) is 68.6 Å². The maximum Gasteiger partial charge on any atom is 0.257 e. The number of nitrogens with zero attached hydrogens (tertiary/aromatic N) is 2. The number of amides is 1. The van der Waals surface area contributed by atoms with Crippen LogP contribution in [0.3, 0.4) is 0 Å². The summed E-state index contributed by atoms with van der Waals surface area (Å²) in [5.74, 6) is 0.404. The fourth-order valence-electron chi connectivity index (χ4n) is 2.65. The third-order valence-corrected chi connectivity index (χ3v) is 4.08. The lowest BCUT2D eigenvalue weighted by molar-refractivity contribution is 0.102. The van der Waals surface area contributed by atoms with E-state index in [2.05, 4.69) is 27.3 Å². The molecule has 0 saturated heterocycles. The van der Waals surface area contributed by atoms with Crippen molar-refractivity contribution in [3.05, 3.63) is 89.6 Å². The van der Waals surface area contributed by atoms with Gasteiger partial charge in [0.25, 0.3) is 5.91 Å². The fourth-order valence-corrected chi connectivity index (χ4v) is 2.65. The number of hydrogen-bond acceptors (Lipinski definition) is 3. The molecule has 1 amide bonds. The number of anilines is 2. The van der Waals surface area contributed by atoms with Gasteiger partial charge in [0.2, 0.25) is 0 Å². The van der Waals surface area contributed by atoms with E-state index < -0.39 is 0 Å². The number of carbonyl (C=O) groups excluding carboxylic acids is 1. The highest BCUT2D eigenvalue weighted by Crippen LogP contribution is 2.17. The molecule has 1 N–H and O–H groups in total. The zero-order valence-electron chi connectivity index (χ0n) is 14.4. The van der Waals surface area contributed by atoms with Crippen molar-refractivity contribution in [2.45, 2.75) is 13.5 Å². The molecule has 2 aromatic carbocycles. The SMILES string of the molecule is Cc1ccccc1C(=O)Nc1ccc(N(C)Cc2ccccc2)cn1. The predicted molar refractivity (Wildman–Crippen MR) is 102 cm³/mol. The first kappa shape index (κ1) is 16.7. The minimum Gasteiger partial charge on any atom is -0.369 e. The Labute approximate surface area is 148 Å². The van der Waals surface area contributed by atoms with Gasteiger partial charge in [-0.15, -0.1) is 0 Å². The van der Waals surface area contributed by atoms with Gasteiger partial charge in [0.05, 0.1) is 11.9 Å². The molecule has 0 aliphatic carbocycles. The smallest absolute Gasteiger partial charge is 0.257 e. The lowest BCUT2D eigenvalue weighted by Crippen LogP contribution is -2.17. The molecule has 0 bridgehead atoms. The second-order valence-corrected chi connectivity index (χ2v) is 6.01. The molecule has 3 aromatic rings. The maximum absolute atomic E-state index is 12.3. The molecular formula is C21H21N3O. The quantitative estimate of drug-likeness (QED) is 0.759. The van der Waals surface area contributed by atoms with E-state index in [9.17, 15) is 4.79 Å². The number of aromatic nitrogens is 1. The molecule has 4 nitrogen and oxygen atoms in total. The summed E-state index contributed by atoms with van der Waals surface area (Å²) in [6.07, 6.45) is 1.77. The Morgan fingerprint density at radius 1 is 1.00 bits per heavy atom. The first-order valence-corrected chi connectivity index (χ1v) is 8.21. The summed E-state index contributed by atoms with van der Waals surface area (Å²) in [6, 6.07) is 21.6. The topological polar surface area (TPSA) is 45.2 Å². The molecule has 25 heavy (non-hydrogen) atoms. The van der Waals surface area contributed by atoms with Crippen LogP contribution in [-0.4, -0.2) is 17.9 Å². The van der Waals surface area contributed by atoms with Gasteiger partial charge in [-0.25, -0.2) is 4.98 Å². The van der Waals surface area contributed by atoms with Crippen LogP contribution in [0.25, 0.3) is 0 Å². The van der Waals surface area contributed by atoms with Crippen LogP contribution in [0.4, 0.5) is 11.5 Å². The zero-order valence-corrected chi connectivity index (χ0v) is 14.4. The molecule has 126 valence electrons. The Morgan fingerprint density at radius 3 is 2.40 bits per heavy atom. The number of rotatable bonds is 5. The lowest BCUT2D eigenvalue weighted by Gasteiger charge is -2.19. The minimum absolute atomic E-state index is 0.143. The van der Waals surface area contributed by atoms with Crippen LogP contribution in [-0.2, 0) is 6.54 Å². The highest BCUT2D eigenvalue weighted by Gasteiger charge is 2.09. The average molecular weight is 331 g/mol. The van der Waals surface area contributed by atoms with Gasteiger partial charge >= 0.3 is 0 Å². The van der Waals surface area contributed by atoms with Gasteiger partial charge in [0.15, 0.2) is 0 Å². The van der Waals surface area contributed by atoms with Crippen LogP contribution in [0.5, 0.6) is 0 Å². The van der Waals surface area contributed by atoms with E-state index in [4.69, 9.17) is 0 Å². The molecule has 0 atom stereocenters. The highest BCUT2D eigenvalue weighted by molar-refractivity contribution is 6.04. The first-order chi connectivity index (χ1) is 12.1. The third-order valence-electron chi connectivity index (χ3n) is 4.08. The standard InChI is InChI=1S/C21H21N3O/c1-16-8-6-7-11-19(16)21(25)23-20-13-12-18(14-22-20)24(2)15-17-9-4-3-5-10-17/h3-14H,15H2,1-2H3,(H,22,23,25). The summed E-state index contributed by atoms with van der Waals surface area (Å²) in [7, 11) is 2.02. The first-order valence-electron chi connectivity index (χ1n) is 8.21. The van der Waals surface area contributed by atoms with Crippen LogP contribution in [0, 0.1) is 6.92 Å². The molecule has 0 saturated carbocycles. The minimum atomic E-state index is -0.143. The Bertz CT molecular complexity index is 845. The van der Waals surface area contributed by atoms with Crippen LogP contribution in [0.2, 0.25) is 0 Å². The van der Waals surface area contributed by atoms with Crippen molar-refractivity contribution < 1.29 is 4.79 Å². The number of pyridine rings is 1. The molecule has 0 radical (unpaired) electrons. The molecule has 1 aromatic heterocycles. The van der Waals surface area contributed by atoms with Gasteiger partial charge in [-0.05, 0) is 36.2 Å². The fraction of sp³-hybridized carbons (Fsp3) is 0.143. The number of carbonyl (C=O) groups is 1. The molecule has 0 aliphatic heterocycles. The maximum atomic E-state index is 12.3. The number of hydrogen-bond donors (Lipinski definition) is 1. The van der Waals surface area contributed by atoms with Crippen molar-refractivity contribution in [3.63, 3.8) is 0 Å². The van der Waals surface area contributed by atoms with E-state index in [1.165, 1.54) is 5.56 Å². The van der Waals surface area contributed by atoms with Crippen molar-refractivity contribution in [2.75, 3.05) is 17.3 Å². The summed E-state index contributed by atoms with van der Waals surface area (Å²) in [6.45, 7) is 2.72. The van der Waals surface area contributed by atoms with Crippen LogP contribution in [0.1, 0.15) is 21.5 Å². The normalized spacial score (nSPS) is 10.3. The second-order valence-electron chi connectivity index (χ2n) is 6.01. The summed E-state index contributed by atoms with van der Waals surface area (Å²) in [5.41, 5.74) is 3.84. The summed E-state index contributed by atoms with van der Waals surface area (Å²) in [5, 5.41) is 2.85. The van der Waals surface area contributed by atoms with Crippen molar-refractivity contribution in [3.8, 4) is 0 Å². The van der Waals surface area contributed by atoms with Gasteiger partial charge in [0.1, 0.15) is 5.82 Å². The van der Waals surface area contributed by atoms with Gasteiger partial charge in [-0.2, -0.15) is 0 Å². The molecule has 4 heteroatoms. The average Bonchev–Trinajstić information content (AvgIpc) is 2.63. The predicted octanol–water partition coefficient (Wildman–Crippen LogP) is 4.28. The summed E-state index contributed by atoms with van der Waals surface area (Å²) in [4.78, 5) is 18.8. The van der Waals surface area contributed by atoms with Crippen molar-refractivity contribution >= 4 is 17.4 Å². The Morgan fingerprint density at radius 2 is 1.72 bits per heavy atom. The number of nitrogens with one attached hydrogen (secondary N) is 1. The van der Waals surface area contributed by atoms with E-state index in [1.54, 1.807) is 6.20 Å². The van der Waals surface area contributed by atoms with Crippen molar-refractivity contribution in [2.24, 2.45) is 0 Å². The van der Waals surface area contributed by atoms with E-state index in [0.717, 1.165) is 17.8 Å². The van der Waals surface area contributed by atoms with E-state index in [-0.39, 0.29) is 5.91 Å². The summed E-state index contributed by atoms with van der Waals surface area (Å²) < 4.78 is 0. The molecule has 3 rings (SSSR count). The molecule has 0 spiro atoms. The Kier molecular flexibility index (Phi) is 5.09. The van der Waals surface area contributed by atoms with Crippen LogP contribution >= 0.6 is 0 Å². The Balaban J connectivity index is 1.66. The van der Waals surface area contributed by atoms with E-state index in [0.29, 0.717) is 11.4 Å². The molecule has 1 heterocycles. The Hall–Kier alpha value is -3.14. The highest BCUT2D eigenvalue weighted by atomic mass is 16.1. The van der Waals surface area contributed by atoms with Gasteiger partial charge in [0, 0.05) is 19.2 Å². The summed E-state index contributed by atoms with van der Waals surface area (Å²) >= 11 is 0. The number of benzene rings is 2. The molecular weight excluding hydrogens is 310 g/mol. The largest absolute Gasteiger partial charge is 0.369 e. The van der Waals surface area contributed by atoms with Crippen molar-refractivity contribution in [1.82, 2.24) is 4.98 Å². The third kappa shape index (κ3) is 4.23. The molecule has 0 fully saturated rings. The van der Waals surface area contributed by atoms with Crippen LogP contribution in [0.15, 0.2) is 72.9 Å². The van der Waals surface area contributed by atoms with Gasteiger partial charge in [-0.1, -0.05) is 48.5 Å². The number of aryl methyl sites for hydroxylation is 1. The lowest BCUT2D eigenvalue weighted by atomic mass is 10.1. The molecule has 0 aliphatic rings. The monoisotopic (exact) mass is 331 g/mol. The van der Waals surface area contributed by atoms with Crippen molar-refractivity contribution in [1.29, 1.82) is 0 Å². The van der Waals surface area contributed by atoms with Crippen LogP contribution < -0.4 is 10.2 Å². The van der Waals surface area contributed by atoms with Gasteiger partial charge < -0.3 is 10.2 Å². The van der Waals surface area contributed by atoms with Gasteiger partial charge in [-0.3, -0.25) is 4.79 Å². The molecule has 0 unspecified atom stereocenters.